The lowest BCUT2D eigenvalue weighted by molar-refractivity contribution is -0.127. The van der Waals surface area contributed by atoms with Crippen LogP contribution < -0.4 is 10.1 Å². The summed E-state index contributed by atoms with van der Waals surface area (Å²) in [7, 11) is 0. The second kappa shape index (κ2) is 9.31. The van der Waals surface area contributed by atoms with Gasteiger partial charge in [0, 0.05) is 11.9 Å². The Morgan fingerprint density at radius 3 is 2.62 bits per heavy atom. The van der Waals surface area contributed by atoms with Crippen LogP contribution in [0.5, 0.6) is 5.75 Å². The van der Waals surface area contributed by atoms with Crippen LogP contribution in [-0.4, -0.2) is 18.6 Å². The van der Waals surface area contributed by atoms with Gasteiger partial charge in [0.2, 0.25) is 0 Å². The first-order valence-electron chi connectivity index (χ1n) is 9.07. The van der Waals surface area contributed by atoms with Crippen LogP contribution >= 0.6 is 0 Å². The Balaban J connectivity index is 1.93. The lowest BCUT2D eigenvalue weighted by Crippen LogP contribution is -2.38. The van der Waals surface area contributed by atoms with Gasteiger partial charge in [0.25, 0.3) is 5.91 Å². The largest absolute Gasteiger partial charge is 0.480 e. The maximum absolute atomic E-state index is 12.3. The predicted octanol–water partition coefficient (Wildman–Crippen LogP) is 4.94. The quantitative estimate of drug-likeness (QED) is 0.708. The normalized spacial score (nSPS) is 13.5. The first-order valence-corrected chi connectivity index (χ1v) is 9.07. The second-order valence-electron chi connectivity index (χ2n) is 6.40. The fourth-order valence-corrected chi connectivity index (χ4v) is 2.87. The van der Waals surface area contributed by atoms with E-state index in [9.17, 15) is 4.79 Å². The Morgan fingerprint density at radius 1 is 1.12 bits per heavy atom. The van der Waals surface area contributed by atoms with Gasteiger partial charge in [0.1, 0.15) is 5.75 Å². The number of amides is 1. The molecule has 0 spiro atoms. The topological polar surface area (TPSA) is 38.3 Å². The van der Waals surface area contributed by atoms with Gasteiger partial charge >= 0.3 is 0 Å². The van der Waals surface area contributed by atoms with E-state index in [0.29, 0.717) is 5.92 Å². The highest BCUT2D eigenvalue weighted by molar-refractivity contribution is 5.89. The maximum atomic E-state index is 12.3. The van der Waals surface area contributed by atoms with Gasteiger partial charge in [-0.2, -0.15) is 0 Å². The zero-order valence-electron chi connectivity index (χ0n) is 15.0. The molecule has 24 heavy (non-hydrogen) atoms. The summed E-state index contributed by atoms with van der Waals surface area (Å²) in [5, 5.41) is 5.20. The number of carbonyl (C=O) groups is 1. The highest BCUT2D eigenvalue weighted by Crippen LogP contribution is 2.26. The van der Waals surface area contributed by atoms with E-state index in [2.05, 4.69) is 19.2 Å². The number of hydrogen-bond acceptors (Lipinski definition) is 2. The van der Waals surface area contributed by atoms with E-state index in [0.717, 1.165) is 29.5 Å². The second-order valence-corrected chi connectivity index (χ2v) is 6.40. The summed E-state index contributed by atoms with van der Waals surface area (Å²) in [4.78, 5) is 12.3. The molecule has 0 aliphatic carbocycles. The smallest absolute Gasteiger partial charge is 0.260 e. The van der Waals surface area contributed by atoms with Gasteiger partial charge in [-0.25, -0.2) is 0 Å². The average molecular weight is 327 g/mol. The zero-order chi connectivity index (χ0) is 17.4. The Morgan fingerprint density at radius 2 is 1.88 bits per heavy atom. The molecule has 0 aromatic heterocycles. The molecule has 3 nitrogen and oxygen atoms in total. The highest BCUT2D eigenvalue weighted by atomic mass is 16.5. The number of carbonyl (C=O) groups excluding carboxylic acids is 1. The van der Waals surface area contributed by atoms with Crippen molar-refractivity contribution in [3.63, 3.8) is 0 Å². The number of unbranched alkanes of at least 4 members (excludes halogenated alkanes) is 1. The van der Waals surface area contributed by atoms with Crippen LogP contribution in [0.3, 0.4) is 0 Å². The number of rotatable bonds is 9. The van der Waals surface area contributed by atoms with Gasteiger partial charge in [-0.05, 0) is 30.7 Å². The van der Waals surface area contributed by atoms with E-state index in [1.165, 1.54) is 19.3 Å². The molecule has 0 unspecified atom stereocenters. The van der Waals surface area contributed by atoms with Crippen LogP contribution in [0.1, 0.15) is 46.5 Å². The minimum atomic E-state index is -0.500. The molecule has 0 heterocycles. The SMILES string of the molecule is CCCC[C@@H](CC)CNC(=O)[C@@H](C)Oc1cccc2ccccc12. The molecular weight excluding hydrogens is 298 g/mol. The van der Waals surface area contributed by atoms with Gasteiger partial charge in [-0.1, -0.05) is 69.5 Å². The first kappa shape index (κ1) is 18.3. The third-order valence-corrected chi connectivity index (χ3v) is 4.53. The van der Waals surface area contributed by atoms with E-state index in [4.69, 9.17) is 4.74 Å². The summed E-state index contributed by atoms with van der Waals surface area (Å²) >= 11 is 0. The van der Waals surface area contributed by atoms with Crippen molar-refractivity contribution in [2.24, 2.45) is 5.92 Å². The molecule has 0 aliphatic rings. The van der Waals surface area contributed by atoms with Gasteiger partial charge in [0.05, 0.1) is 0 Å². The van der Waals surface area contributed by atoms with E-state index in [1.807, 2.05) is 49.4 Å². The third-order valence-electron chi connectivity index (χ3n) is 4.53. The van der Waals surface area contributed by atoms with Crippen LogP contribution in [-0.2, 0) is 4.79 Å². The molecule has 1 N–H and O–H groups in total. The number of fused-ring (bicyclic) bond motifs is 1. The van der Waals surface area contributed by atoms with Crippen molar-refractivity contribution in [2.45, 2.75) is 52.6 Å². The standard InChI is InChI=1S/C21H29NO2/c1-4-6-10-17(5-2)15-22-21(23)16(3)24-20-14-9-12-18-11-7-8-13-19(18)20/h7-9,11-14,16-17H,4-6,10,15H2,1-3H3,(H,22,23)/t16-,17-/m1/s1. The molecule has 3 heteroatoms. The Bertz CT molecular complexity index is 648. The molecule has 2 rings (SSSR count). The highest BCUT2D eigenvalue weighted by Gasteiger charge is 2.17. The van der Waals surface area contributed by atoms with E-state index < -0.39 is 6.10 Å². The van der Waals surface area contributed by atoms with E-state index in [1.54, 1.807) is 0 Å². The fourth-order valence-electron chi connectivity index (χ4n) is 2.87. The van der Waals surface area contributed by atoms with Crippen molar-refractivity contribution in [1.82, 2.24) is 5.32 Å². The zero-order valence-corrected chi connectivity index (χ0v) is 15.0. The van der Waals surface area contributed by atoms with Crippen LogP contribution in [0.25, 0.3) is 10.8 Å². The van der Waals surface area contributed by atoms with Crippen molar-refractivity contribution in [2.75, 3.05) is 6.54 Å². The van der Waals surface area contributed by atoms with Crippen molar-refractivity contribution < 1.29 is 9.53 Å². The molecular formula is C21H29NO2. The average Bonchev–Trinajstić information content (AvgIpc) is 2.62. The maximum Gasteiger partial charge on any atom is 0.260 e. The molecule has 130 valence electrons. The van der Waals surface area contributed by atoms with Crippen LogP contribution in [0, 0.1) is 5.92 Å². The summed E-state index contributed by atoms with van der Waals surface area (Å²) in [6, 6.07) is 14.0. The summed E-state index contributed by atoms with van der Waals surface area (Å²) in [6.45, 7) is 6.93. The number of hydrogen-bond donors (Lipinski definition) is 1. The van der Waals surface area contributed by atoms with Gasteiger partial charge < -0.3 is 10.1 Å². The molecule has 0 radical (unpaired) electrons. The third kappa shape index (κ3) is 4.98. The summed E-state index contributed by atoms with van der Waals surface area (Å²) < 4.78 is 5.92. The minimum Gasteiger partial charge on any atom is -0.480 e. The van der Waals surface area contributed by atoms with E-state index >= 15 is 0 Å². The van der Waals surface area contributed by atoms with Crippen molar-refractivity contribution >= 4 is 16.7 Å². The monoisotopic (exact) mass is 327 g/mol. The predicted molar refractivity (Wildman–Crippen MR) is 100 cm³/mol. The van der Waals surface area contributed by atoms with Crippen molar-refractivity contribution in [3.8, 4) is 5.75 Å². The molecule has 0 bridgehead atoms. The molecule has 0 fully saturated rings. The molecule has 2 atom stereocenters. The van der Waals surface area contributed by atoms with Gasteiger partial charge in [-0.15, -0.1) is 0 Å². The molecule has 2 aromatic carbocycles. The molecule has 0 saturated heterocycles. The van der Waals surface area contributed by atoms with Crippen LogP contribution in [0.4, 0.5) is 0 Å². The van der Waals surface area contributed by atoms with Crippen molar-refractivity contribution in [3.05, 3.63) is 42.5 Å². The number of benzene rings is 2. The summed E-state index contributed by atoms with van der Waals surface area (Å²) in [5.41, 5.74) is 0. The summed E-state index contributed by atoms with van der Waals surface area (Å²) in [6.07, 6.45) is 4.19. The number of nitrogens with one attached hydrogen (secondary N) is 1. The molecule has 1 amide bonds. The van der Waals surface area contributed by atoms with Gasteiger partial charge in [-0.3, -0.25) is 4.79 Å². The molecule has 2 aromatic rings. The lowest BCUT2D eigenvalue weighted by atomic mass is 9.99. The summed E-state index contributed by atoms with van der Waals surface area (Å²) in [5.74, 6) is 1.27. The van der Waals surface area contributed by atoms with Crippen LogP contribution in [0.2, 0.25) is 0 Å². The number of ether oxygens (including phenoxy) is 1. The minimum absolute atomic E-state index is 0.0436. The Hall–Kier alpha value is -2.03. The first-order chi connectivity index (χ1) is 11.7. The Labute approximate surface area is 145 Å². The lowest BCUT2D eigenvalue weighted by Gasteiger charge is -2.19. The Kier molecular flexibility index (Phi) is 7.10. The molecule has 0 saturated carbocycles. The van der Waals surface area contributed by atoms with E-state index in [-0.39, 0.29) is 5.91 Å². The van der Waals surface area contributed by atoms with Crippen molar-refractivity contribution in [1.29, 1.82) is 0 Å². The fraction of sp³-hybridized carbons (Fsp3) is 0.476. The van der Waals surface area contributed by atoms with Gasteiger partial charge in [0.15, 0.2) is 6.10 Å². The van der Waals surface area contributed by atoms with Crippen LogP contribution in [0.15, 0.2) is 42.5 Å². The molecule has 0 aliphatic heterocycles.